The fourth-order valence-electron chi connectivity index (χ4n) is 4.89. The zero-order valence-electron chi connectivity index (χ0n) is 16.9. The van der Waals surface area contributed by atoms with Crippen LogP contribution >= 0.6 is 0 Å². The zero-order valence-corrected chi connectivity index (χ0v) is 16.9. The summed E-state index contributed by atoms with van der Waals surface area (Å²) in [5.74, 6) is 1.17. The van der Waals surface area contributed by atoms with E-state index in [-0.39, 0.29) is 28.4 Å². The average Bonchev–Trinajstić information content (AvgIpc) is 2.73. The molecule has 4 N–H and O–H groups in total. The van der Waals surface area contributed by atoms with Gasteiger partial charge in [-0.1, -0.05) is 44.0 Å². The number of aromatic hydroxyl groups is 1. The number of phenols is 1. The Morgan fingerprint density at radius 2 is 1.76 bits per heavy atom. The van der Waals surface area contributed by atoms with Crippen LogP contribution in [0.1, 0.15) is 72.9 Å². The number of ketones is 1. The molecule has 0 amide bonds. The van der Waals surface area contributed by atoms with Gasteiger partial charge in [0.2, 0.25) is 0 Å². The normalized spacial score (nSPS) is 21.3. The molecule has 0 heterocycles. The predicted octanol–water partition coefficient (Wildman–Crippen LogP) is 5.84. The average molecular weight is 389 g/mol. The number of nitrogens with two attached hydrogens (primary N) is 1. The quantitative estimate of drug-likeness (QED) is 0.454. The molecule has 29 heavy (non-hydrogen) atoms. The Bertz CT molecular complexity index is 981. The van der Waals surface area contributed by atoms with Gasteiger partial charge in [0.05, 0.1) is 16.8 Å². The van der Waals surface area contributed by atoms with Gasteiger partial charge in [0.15, 0.2) is 5.78 Å². The van der Waals surface area contributed by atoms with Crippen molar-refractivity contribution in [1.29, 1.82) is 5.41 Å². The van der Waals surface area contributed by atoms with Gasteiger partial charge in [-0.05, 0) is 66.9 Å². The maximum atomic E-state index is 12.2. The van der Waals surface area contributed by atoms with Crippen LogP contribution in [0.2, 0.25) is 0 Å². The van der Waals surface area contributed by atoms with Gasteiger partial charge in [0.1, 0.15) is 5.75 Å². The molecule has 0 spiro atoms. The third kappa shape index (κ3) is 3.59. The van der Waals surface area contributed by atoms with Crippen LogP contribution in [0.25, 0.3) is 11.1 Å². The highest BCUT2D eigenvalue weighted by molar-refractivity contribution is 6.26. The number of rotatable bonds is 4. The predicted molar refractivity (Wildman–Crippen MR) is 118 cm³/mol. The number of fused-ring (bicyclic) bond motifs is 1. The van der Waals surface area contributed by atoms with E-state index >= 15 is 0 Å². The number of hydrogen-bond acceptors (Lipinski definition) is 4. The molecular weight excluding hydrogens is 360 g/mol. The summed E-state index contributed by atoms with van der Waals surface area (Å²) in [5.41, 5.74) is 9.72. The summed E-state index contributed by atoms with van der Waals surface area (Å²) in [5, 5.41) is 18.9. The van der Waals surface area contributed by atoms with Crippen molar-refractivity contribution in [1.82, 2.24) is 0 Å². The van der Waals surface area contributed by atoms with Crippen molar-refractivity contribution in [3.05, 3.63) is 59.2 Å². The lowest BCUT2D eigenvalue weighted by atomic mass is 9.77. The van der Waals surface area contributed by atoms with Crippen LogP contribution in [0.15, 0.2) is 42.5 Å². The highest BCUT2D eigenvalue weighted by Crippen LogP contribution is 2.41. The fourth-order valence-corrected chi connectivity index (χ4v) is 4.89. The molecule has 0 saturated heterocycles. The van der Waals surface area contributed by atoms with Crippen LogP contribution in [0.3, 0.4) is 0 Å². The van der Waals surface area contributed by atoms with Crippen molar-refractivity contribution in [2.75, 3.05) is 5.73 Å². The van der Waals surface area contributed by atoms with E-state index < -0.39 is 0 Å². The smallest absolute Gasteiger partial charge is 0.188 e. The number of carbonyl (C=O) groups excluding carboxylic acids is 1. The molecule has 4 heteroatoms. The maximum absolute atomic E-state index is 12.2. The summed E-state index contributed by atoms with van der Waals surface area (Å²) in [6.45, 7) is 2.27. The highest BCUT2D eigenvalue weighted by atomic mass is 16.3. The summed E-state index contributed by atoms with van der Waals surface area (Å²) >= 11 is 0. The molecule has 150 valence electrons. The molecule has 2 aliphatic carbocycles. The molecule has 2 aromatic rings. The first-order valence-electron chi connectivity index (χ1n) is 10.6. The van der Waals surface area contributed by atoms with Gasteiger partial charge in [-0.15, -0.1) is 0 Å². The monoisotopic (exact) mass is 388 g/mol. The summed E-state index contributed by atoms with van der Waals surface area (Å²) < 4.78 is 0. The lowest BCUT2D eigenvalue weighted by molar-refractivity contribution is 0.104. The fraction of sp³-hybridized carbons (Fsp3) is 0.360. The molecule has 1 saturated carbocycles. The zero-order chi connectivity index (χ0) is 20.5. The molecule has 0 unspecified atom stereocenters. The molecule has 0 aliphatic heterocycles. The van der Waals surface area contributed by atoms with Gasteiger partial charge in [-0.2, -0.15) is 0 Å². The van der Waals surface area contributed by atoms with Crippen LogP contribution in [0, 0.1) is 11.3 Å². The Labute approximate surface area is 172 Å². The molecular formula is C25H28N2O2. The van der Waals surface area contributed by atoms with Crippen molar-refractivity contribution >= 4 is 17.2 Å². The second kappa shape index (κ2) is 7.86. The second-order valence-electron chi connectivity index (χ2n) is 8.35. The number of allylic oxidation sites excluding steroid dienone is 2. The minimum absolute atomic E-state index is 0.0512. The molecule has 0 atom stereocenters. The lowest BCUT2D eigenvalue weighted by Crippen LogP contribution is -2.15. The van der Waals surface area contributed by atoms with E-state index in [4.69, 9.17) is 11.1 Å². The van der Waals surface area contributed by atoms with Gasteiger partial charge in [0, 0.05) is 11.3 Å². The molecule has 0 radical (unpaired) electrons. The summed E-state index contributed by atoms with van der Waals surface area (Å²) in [6, 6.07) is 9.96. The van der Waals surface area contributed by atoms with Crippen LogP contribution in [0.4, 0.5) is 5.69 Å². The van der Waals surface area contributed by atoms with E-state index in [1.165, 1.54) is 56.2 Å². The van der Waals surface area contributed by atoms with Crippen molar-refractivity contribution in [2.45, 2.75) is 51.4 Å². The van der Waals surface area contributed by atoms with Crippen LogP contribution < -0.4 is 5.73 Å². The van der Waals surface area contributed by atoms with Gasteiger partial charge >= 0.3 is 0 Å². The third-order valence-corrected chi connectivity index (χ3v) is 6.48. The van der Waals surface area contributed by atoms with E-state index in [1.807, 2.05) is 12.1 Å². The molecule has 2 aliphatic rings. The van der Waals surface area contributed by atoms with Crippen LogP contribution in [-0.4, -0.2) is 16.6 Å². The van der Waals surface area contributed by atoms with Crippen molar-refractivity contribution in [2.24, 2.45) is 5.92 Å². The van der Waals surface area contributed by atoms with Crippen LogP contribution in [0.5, 0.6) is 5.75 Å². The Morgan fingerprint density at radius 1 is 1.07 bits per heavy atom. The molecule has 4 nitrogen and oxygen atoms in total. The molecule has 0 bridgehead atoms. The summed E-state index contributed by atoms with van der Waals surface area (Å²) in [4.78, 5) is 12.2. The number of carbonyl (C=O) groups is 1. The number of anilines is 1. The molecule has 1 fully saturated rings. The number of nitrogens with one attached hydrogen (secondary N) is 1. The van der Waals surface area contributed by atoms with Crippen molar-refractivity contribution in [3.63, 3.8) is 0 Å². The SMILES string of the molecule is CCCC1CCC(c2ccc(-c3cc(N)c4c(c3O)C(=N)C=CC4=O)cc2)CC1. The Balaban J connectivity index is 1.61. The van der Waals surface area contributed by atoms with Gasteiger partial charge in [-0.3, -0.25) is 4.79 Å². The largest absolute Gasteiger partial charge is 0.507 e. The number of benzene rings is 2. The second-order valence-corrected chi connectivity index (χ2v) is 8.35. The lowest BCUT2D eigenvalue weighted by Gasteiger charge is -2.28. The van der Waals surface area contributed by atoms with Crippen molar-refractivity contribution in [3.8, 4) is 16.9 Å². The number of nitrogen functional groups attached to an aromatic ring is 1. The van der Waals surface area contributed by atoms with Gasteiger partial charge in [-0.25, -0.2) is 0 Å². The maximum Gasteiger partial charge on any atom is 0.188 e. The standard InChI is InChI=1S/C25H28N2O2/c1-2-3-15-4-6-16(7-5-15)17-8-10-18(11-9-17)19-14-21(27)23-22(28)13-12-20(26)24(23)25(19)29/h8-16,26,29H,2-7,27H2,1H3. The van der Waals surface area contributed by atoms with Crippen molar-refractivity contribution < 1.29 is 9.90 Å². The van der Waals surface area contributed by atoms with Gasteiger partial charge in [0.25, 0.3) is 0 Å². The van der Waals surface area contributed by atoms with Crippen LogP contribution in [-0.2, 0) is 0 Å². The summed E-state index contributed by atoms with van der Waals surface area (Å²) in [7, 11) is 0. The number of hydrogen-bond donors (Lipinski definition) is 3. The van der Waals surface area contributed by atoms with E-state index in [0.717, 1.165) is 11.5 Å². The van der Waals surface area contributed by atoms with E-state index in [0.29, 0.717) is 17.2 Å². The van der Waals surface area contributed by atoms with E-state index in [2.05, 4.69) is 19.1 Å². The molecule has 4 rings (SSSR count). The first kappa shape index (κ1) is 19.4. The highest BCUT2D eigenvalue weighted by Gasteiger charge is 2.26. The third-order valence-electron chi connectivity index (χ3n) is 6.48. The van der Waals surface area contributed by atoms with E-state index in [9.17, 15) is 9.90 Å². The minimum Gasteiger partial charge on any atom is -0.507 e. The Kier molecular flexibility index (Phi) is 5.27. The first-order chi connectivity index (χ1) is 14.0. The molecule has 0 aromatic heterocycles. The van der Waals surface area contributed by atoms with Gasteiger partial charge < -0.3 is 16.2 Å². The van der Waals surface area contributed by atoms with E-state index in [1.54, 1.807) is 6.07 Å². The topological polar surface area (TPSA) is 87.2 Å². The first-order valence-corrected chi connectivity index (χ1v) is 10.6. The summed E-state index contributed by atoms with van der Waals surface area (Å²) in [6.07, 6.45) is 10.5. The Hall–Kier alpha value is -2.88. The minimum atomic E-state index is -0.274. The number of phenolic OH excluding ortho intramolecular Hbond substituents is 1. The molecule has 2 aromatic carbocycles. The Morgan fingerprint density at radius 3 is 2.41 bits per heavy atom.